The zero-order valence-electron chi connectivity index (χ0n) is 17.5. The molecule has 32 heavy (non-hydrogen) atoms. The van der Waals surface area contributed by atoms with E-state index < -0.39 is 24.5 Å². The van der Waals surface area contributed by atoms with E-state index in [2.05, 4.69) is 5.32 Å². The van der Waals surface area contributed by atoms with Crippen LogP contribution in [-0.2, 0) is 14.3 Å². The van der Waals surface area contributed by atoms with E-state index >= 15 is 0 Å². The van der Waals surface area contributed by atoms with Crippen molar-refractivity contribution in [2.45, 2.75) is 6.04 Å². The molecule has 0 bridgehead atoms. The van der Waals surface area contributed by atoms with Gasteiger partial charge in [-0.15, -0.1) is 11.3 Å². The molecule has 6 nitrogen and oxygen atoms in total. The number of hydrogen-bond acceptors (Lipinski definition) is 6. The van der Waals surface area contributed by atoms with Crippen LogP contribution in [0.2, 0.25) is 4.34 Å². The second kappa shape index (κ2) is 11.4. The summed E-state index contributed by atoms with van der Waals surface area (Å²) in [7, 11) is 3.18. The zero-order valence-corrected chi connectivity index (χ0v) is 19.1. The summed E-state index contributed by atoms with van der Waals surface area (Å²) >= 11 is 7.20. The molecule has 0 saturated carbocycles. The van der Waals surface area contributed by atoms with Gasteiger partial charge < -0.3 is 19.5 Å². The van der Waals surface area contributed by atoms with Gasteiger partial charge in [-0.3, -0.25) is 4.79 Å². The smallest absolute Gasteiger partial charge is 0.331 e. The molecule has 0 radical (unpaired) electrons. The minimum atomic E-state index is -0.616. The van der Waals surface area contributed by atoms with Crippen LogP contribution in [0.15, 0.2) is 66.7 Å². The number of esters is 1. The topological polar surface area (TPSA) is 73.9 Å². The maximum absolute atomic E-state index is 12.6. The Hall–Kier alpha value is -3.29. The molecule has 1 amide bonds. The van der Waals surface area contributed by atoms with E-state index in [-0.39, 0.29) is 0 Å². The van der Waals surface area contributed by atoms with Crippen molar-refractivity contribution in [2.24, 2.45) is 0 Å². The van der Waals surface area contributed by atoms with Gasteiger partial charge in [0, 0.05) is 11.0 Å². The second-order valence-corrected chi connectivity index (χ2v) is 8.38. The van der Waals surface area contributed by atoms with Crippen LogP contribution in [-0.4, -0.2) is 32.7 Å². The van der Waals surface area contributed by atoms with Crippen LogP contribution >= 0.6 is 22.9 Å². The number of carbonyl (C=O) groups is 2. The minimum absolute atomic E-state index is 0.406. The fraction of sp³-hybridized carbons (Fsp3) is 0.167. The van der Waals surface area contributed by atoms with Gasteiger partial charge in [-0.1, -0.05) is 35.9 Å². The van der Waals surface area contributed by atoms with Gasteiger partial charge in [0.15, 0.2) is 6.61 Å². The van der Waals surface area contributed by atoms with Crippen molar-refractivity contribution in [2.75, 3.05) is 20.8 Å². The number of methoxy groups -OCH3 is 2. The van der Waals surface area contributed by atoms with Crippen molar-refractivity contribution in [3.8, 4) is 11.5 Å². The first-order chi connectivity index (χ1) is 15.5. The highest BCUT2D eigenvalue weighted by atomic mass is 35.5. The quantitative estimate of drug-likeness (QED) is 0.355. The lowest BCUT2D eigenvalue weighted by Crippen LogP contribution is -2.33. The molecule has 0 spiro atoms. The number of halogens is 1. The number of rotatable bonds is 9. The molecule has 0 saturated heterocycles. The number of thiophene rings is 1. The maximum atomic E-state index is 12.6. The Labute approximate surface area is 195 Å². The molecule has 0 atom stereocenters. The fourth-order valence-electron chi connectivity index (χ4n) is 2.91. The molecule has 0 aliphatic heterocycles. The Morgan fingerprint density at radius 1 is 0.938 bits per heavy atom. The van der Waals surface area contributed by atoms with Gasteiger partial charge in [0.2, 0.25) is 0 Å². The normalized spacial score (nSPS) is 10.9. The first kappa shape index (κ1) is 23.4. The molecule has 0 aliphatic rings. The van der Waals surface area contributed by atoms with Crippen molar-refractivity contribution < 1.29 is 23.8 Å². The summed E-state index contributed by atoms with van der Waals surface area (Å²) in [4.78, 5) is 25.3. The van der Waals surface area contributed by atoms with Crippen LogP contribution in [0.4, 0.5) is 0 Å². The third-order valence-corrected chi connectivity index (χ3v) is 5.72. The summed E-state index contributed by atoms with van der Waals surface area (Å²) < 4.78 is 16.1. The largest absolute Gasteiger partial charge is 0.497 e. The van der Waals surface area contributed by atoms with Crippen LogP contribution in [0.5, 0.6) is 11.5 Å². The molecule has 1 heterocycles. The number of amides is 1. The number of hydrogen-bond donors (Lipinski definition) is 1. The highest BCUT2D eigenvalue weighted by molar-refractivity contribution is 7.17. The highest BCUT2D eigenvalue weighted by Crippen LogP contribution is 2.26. The van der Waals surface area contributed by atoms with Crippen LogP contribution in [0.1, 0.15) is 22.0 Å². The Kier molecular flexibility index (Phi) is 8.30. The second-order valence-electron chi connectivity index (χ2n) is 6.63. The summed E-state index contributed by atoms with van der Waals surface area (Å²) in [5, 5.41) is 2.92. The van der Waals surface area contributed by atoms with Crippen molar-refractivity contribution in [3.63, 3.8) is 0 Å². The van der Waals surface area contributed by atoms with E-state index in [0.29, 0.717) is 15.8 Å². The van der Waals surface area contributed by atoms with Crippen molar-refractivity contribution in [1.82, 2.24) is 5.32 Å². The molecule has 0 fully saturated rings. The van der Waals surface area contributed by atoms with Gasteiger partial charge in [-0.05, 0) is 53.6 Å². The Morgan fingerprint density at radius 3 is 1.97 bits per heavy atom. The minimum Gasteiger partial charge on any atom is -0.497 e. The molecule has 166 valence electrons. The Bertz CT molecular complexity index is 1030. The molecule has 2 aromatic carbocycles. The van der Waals surface area contributed by atoms with Crippen LogP contribution in [0, 0.1) is 0 Å². The molecule has 3 aromatic rings. The molecule has 3 rings (SSSR count). The van der Waals surface area contributed by atoms with Crippen molar-refractivity contribution >= 4 is 40.9 Å². The average Bonchev–Trinajstić information content (AvgIpc) is 3.25. The predicted molar refractivity (Wildman–Crippen MR) is 125 cm³/mol. The average molecular weight is 472 g/mol. The molecule has 8 heteroatoms. The van der Waals surface area contributed by atoms with E-state index in [4.69, 9.17) is 25.8 Å². The summed E-state index contributed by atoms with van der Waals surface area (Å²) in [5.74, 6) is 0.375. The van der Waals surface area contributed by atoms with E-state index in [9.17, 15) is 9.59 Å². The van der Waals surface area contributed by atoms with Crippen LogP contribution in [0.3, 0.4) is 0 Å². The number of benzene rings is 2. The summed E-state index contributed by atoms with van der Waals surface area (Å²) in [6, 6.07) is 17.8. The lowest BCUT2D eigenvalue weighted by molar-refractivity contribution is -0.143. The van der Waals surface area contributed by atoms with Gasteiger partial charge in [-0.2, -0.15) is 0 Å². The molecule has 0 aliphatic carbocycles. The van der Waals surface area contributed by atoms with E-state index in [1.807, 2.05) is 48.5 Å². The lowest BCUT2D eigenvalue weighted by Gasteiger charge is -2.20. The maximum Gasteiger partial charge on any atom is 0.331 e. The number of carbonyl (C=O) groups excluding carboxylic acids is 2. The summed E-state index contributed by atoms with van der Waals surface area (Å²) in [6.07, 6.45) is 2.86. The van der Waals surface area contributed by atoms with E-state index in [1.165, 1.54) is 17.4 Å². The van der Waals surface area contributed by atoms with Crippen LogP contribution in [0.25, 0.3) is 6.08 Å². The lowest BCUT2D eigenvalue weighted by atomic mass is 9.98. The molecule has 1 aromatic heterocycles. The zero-order chi connectivity index (χ0) is 22.9. The summed E-state index contributed by atoms with van der Waals surface area (Å²) in [6.45, 7) is -0.406. The third-order valence-electron chi connectivity index (χ3n) is 4.53. The number of ether oxygens (including phenoxy) is 3. The number of nitrogens with one attached hydrogen (secondary N) is 1. The third kappa shape index (κ3) is 6.60. The fourth-order valence-corrected chi connectivity index (χ4v) is 3.87. The standard InChI is InChI=1S/C24H22ClNO5S/c1-29-18-7-3-16(4-8-18)24(17-5-9-19(30-2)10-6-17)26-22(27)15-31-23(28)14-12-20-11-13-21(25)32-20/h3-14,24H,15H2,1-2H3,(H,26,27)/b14-12+. The van der Waals surface area contributed by atoms with E-state index in [1.54, 1.807) is 32.4 Å². The molecular formula is C24H22ClNO5S. The predicted octanol–water partition coefficient (Wildman–Crippen LogP) is 4.88. The first-order valence-corrected chi connectivity index (χ1v) is 10.9. The molecule has 1 N–H and O–H groups in total. The van der Waals surface area contributed by atoms with Gasteiger partial charge in [0.05, 0.1) is 24.6 Å². The first-order valence-electron chi connectivity index (χ1n) is 9.66. The van der Waals surface area contributed by atoms with Gasteiger partial charge in [0.25, 0.3) is 5.91 Å². The highest BCUT2D eigenvalue weighted by Gasteiger charge is 2.18. The SMILES string of the molecule is COc1ccc(C(NC(=O)COC(=O)/C=C/c2ccc(Cl)s2)c2ccc(OC)cc2)cc1. The van der Waals surface area contributed by atoms with E-state index in [0.717, 1.165) is 16.0 Å². The Balaban J connectivity index is 1.66. The van der Waals surface area contributed by atoms with Gasteiger partial charge >= 0.3 is 5.97 Å². The van der Waals surface area contributed by atoms with Crippen molar-refractivity contribution in [3.05, 3.63) is 87.1 Å². The summed E-state index contributed by atoms with van der Waals surface area (Å²) in [5.41, 5.74) is 1.70. The van der Waals surface area contributed by atoms with Gasteiger partial charge in [-0.25, -0.2) is 4.79 Å². The Morgan fingerprint density at radius 2 is 1.50 bits per heavy atom. The van der Waals surface area contributed by atoms with Gasteiger partial charge in [0.1, 0.15) is 11.5 Å². The van der Waals surface area contributed by atoms with Crippen LogP contribution < -0.4 is 14.8 Å². The molecule has 0 unspecified atom stereocenters. The van der Waals surface area contributed by atoms with Crippen molar-refractivity contribution in [1.29, 1.82) is 0 Å². The molecular weight excluding hydrogens is 450 g/mol. The monoisotopic (exact) mass is 471 g/mol.